The quantitative estimate of drug-likeness (QED) is 0.188. The van der Waals surface area contributed by atoms with Crippen LogP contribution in [-0.4, -0.2) is 9.13 Å². The van der Waals surface area contributed by atoms with E-state index in [4.69, 9.17) is 0 Å². The molecular formula is C42H28N2O2. The molecule has 0 amide bonds. The predicted molar refractivity (Wildman–Crippen MR) is 193 cm³/mol. The van der Waals surface area contributed by atoms with Gasteiger partial charge >= 0.3 is 0 Å². The second kappa shape index (κ2) is 9.75. The van der Waals surface area contributed by atoms with E-state index >= 15 is 0 Å². The van der Waals surface area contributed by atoms with E-state index in [0.717, 1.165) is 55.1 Å². The molecule has 0 fully saturated rings. The van der Waals surface area contributed by atoms with Crippen LogP contribution in [0.2, 0.25) is 0 Å². The van der Waals surface area contributed by atoms with E-state index in [2.05, 4.69) is 81.9 Å². The predicted octanol–water partition coefficient (Wildman–Crippen LogP) is 9.34. The molecule has 7 aromatic carbocycles. The van der Waals surface area contributed by atoms with Crippen molar-refractivity contribution in [2.24, 2.45) is 14.1 Å². The van der Waals surface area contributed by atoms with Gasteiger partial charge in [0.25, 0.3) is 0 Å². The molecule has 0 bridgehead atoms. The standard InChI is InChI=1S/C42H28N2O2/c1-43-37-23-36-38(44(2)40-32(14-8-16-34(40)42(36)46)30-20-18-26-10-4-6-12-28(26)22-30)24-35(37)41(45)33-15-7-13-31(39(33)43)29-19-17-25-9-3-5-11-27(25)21-29/h3-24H,1-2H3. The topological polar surface area (TPSA) is 44.0 Å². The summed E-state index contributed by atoms with van der Waals surface area (Å²) in [6.45, 7) is 0. The molecule has 9 aromatic rings. The highest BCUT2D eigenvalue weighted by Crippen LogP contribution is 2.35. The van der Waals surface area contributed by atoms with Crippen molar-refractivity contribution in [3.8, 4) is 22.3 Å². The highest BCUT2D eigenvalue weighted by molar-refractivity contribution is 6.08. The zero-order chi connectivity index (χ0) is 31.1. The molecule has 0 atom stereocenters. The second-order valence-electron chi connectivity index (χ2n) is 12.2. The Morgan fingerprint density at radius 1 is 0.391 bits per heavy atom. The first-order chi connectivity index (χ1) is 22.5. The van der Waals surface area contributed by atoms with Gasteiger partial charge in [0.05, 0.1) is 22.1 Å². The number of fused-ring (bicyclic) bond motifs is 6. The minimum atomic E-state index is -0.0389. The van der Waals surface area contributed by atoms with Gasteiger partial charge in [-0.2, -0.15) is 0 Å². The number of hydrogen-bond acceptors (Lipinski definition) is 2. The van der Waals surface area contributed by atoms with Crippen molar-refractivity contribution < 1.29 is 0 Å². The van der Waals surface area contributed by atoms with Crippen LogP contribution in [0, 0.1) is 0 Å². The fraction of sp³-hybridized carbons (Fsp3) is 0.0476. The molecule has 4 heteroatoms. The molecule has 0 aliphatic rings. The molecule has 0 aliphatic heterocycles. The smallest absolute Gasteiger partial charge is 0.197 e. The molecule has 2 aromatic heterocycles. The Morgan fingerprint density at radius 3 is 1.24 bits per heavy atom. The minimum Gasteiger partial charge on any atom is -0.343 e. The lowest BCUT2D eigenvalue weighted by Gasteiger charge is -2.18. The van der Waals surface area contributed by atoms with E-state index in [1.165, 1.54) is 10.8 Å². The number of aromatic nitrogens is 2. The zero-order valence-corrected chi connectivity index (χ0v) is 25.4. The molecule has 2 heterocycles. The summed E-state index contributed by atoms with van der Waals surface area (Å²) in [4.78, 5) is 28.5. The average molecular weight is 593 g/mol. The first-order valence-corrected chi connectivity index (χ1v) is 15.5. The first kappa shape index (κ1) is 26.4. The highest BCUT2D eigenvalue weighted by atomic mass is 16.1. The molecular weight excluding hydrogens is 564 g/mol. The molecule has 0 spiro atoms. The third kappa shape index (κ3) is 3.74. The highest BCUT2D eigenvalue weighted by Gasteiger charge is 2.18. The third-order valence-corrected chi connectivity index (χ3v) is 9.68. The van der Waals surface area contributed by atoms with Crippen LogP contribution in [-0.2, 0) is 14.1 Å². The fourth-order valence-corrected chi connectivity index (χ4v) is 7.38. The fourth-order valence-electron chi connectivity index (χ4n) is 7.38. The van der Waals surface area contributed by atoms with Gasteiger partial charge in [0.15, 0.2) is 10.9 Å². The molecule has 4 nitrogen and oxygen atoms in total. The van der Waals surface area contributed by atoms with Gasteiger partial charge in [-0.25, -0.2) is 0 Å². The lowest BCUT2D eigenvalue weighted by Crippen LogP contribution is -2.14. The van der Waals surface area contributed by atoms with Crippen LogP contribution in [0.1, 0.15) is 0 Å². The summed E-state index contributed by atoms with van der Waals surface area (Å²) >= 11 is 0. The van der Waals surface area contributed by atoms with Gasteiger partial charge in [0.2, 0.25) is 0 Å². The SMILES string of the molecule is Cn1c2cc3c(=O)c4cccc(-c5ccc6ccccc6c5)c4n(C)c3cc2c(=O)c2cccc(-c3ccc4ccccc4c3)c21. The number of nitrogens with zero attached hydrogens (tertiary/aromatic N) is 2. The van der Waals surface area contributed by atoms with Crippen molar-refractivity contribution in [3.63, 3.8) is 0 Å². The van der Waals surface area contributed by atoms with Crippen molar-refractivity contribution >= 4 is 65.2 Å². The van der Waals surface area contributed by atoms with Gasteiger partial charge in [0.1, 0.15) is 0 Å². The maximum Gasteiger partial charge on any atom is 0.197 e. The van der Waals surface area contributed by atoms with E-state index in [1.54, 1.807) is 0 Å². The second-order valence-corrected chi connectivity index (χ2v) is 12.2. The number of para-hydroxylation sites is 2. The van der Waals surface area contributed by atoms with E-state index in [-0.39, 0.29) is 10.9 Å². The molecule has 46 heavy (non-hydrogen) atoms. The summed E-state index contributed by atoms with van der Waals surface area (Å²) in [6, 6.07) is 45.1. The van der Waals surface area contributed by atoms with Crippen LogP contribution in [0.15, 0.2) is 143 Å². The summed E-state index contributed by atoms with van der Waals surface area (Å²) in [6.07, 6.45) is 0. The van der Waals surface area contributed by atoms with Crippen LogP contribution in [0.3, 0.4) is 0 Å². The monoisotopic (exact) mass is 592 g/mol. The van der Waals surface area contributed by atoms with Gasteiger partial charge in [-0.3, -0.25) is 9.59 Å². The lowest BCUT2D eigenvalue weighted by atomic mass is 9.96. The van der Waals surface area contributed by atoms with Crippen molar-refractivity contribution in [2.75, 3.05) is 0 Å². The Kier molecular flexibility index (Phi) is 5.60. The summed E-state index contributed by atoms with van der Waals surface area (Å²) < 4.78 is 4.15. The first-order valence-electron chi connectivity index (χ1n) is 15.5. The molecule has 218 valence electrons. The number of rotatable bonds is 2. The summed E-state index contributed by atoms with van der Waals surface area (Å²) in [7, 11) is 3.98. The van der Waals surface area contributed by atoms with Crippen molar-refractivity contribution in [3.05, 3.63) is 154 Å². The van der Waals surface area contributed by atoms with Crippen molar-refractivity contribution in [1.82, 2.24) is 9.13 Å². The maximum atomic E-state index is 14.3. The zero-order valence-electron chi connectivity index (χ0n) is 25.4. The average Bonchev–Trinajstić information content (AvgIpc) is 3.11. The molecule has 0 saturated heterocycles. The Labute approximate surface area is 264 Å². The van der Waals surface area contributed by atoms with Crippen LogP contribution >= 0.6 is 0 Å². The van der Waals surface area contributed by atoms with Crippen LogP contribution < -0.4 is 10.9 Å². The van der Waals surface area contributed by atoms with Gasteiger partial charge in [-0.15, -0.1) is 0 Å². The molecule has 0 aliphatic carbocycles. The van der Waals surface area contributed by atoms with E-state index in [9.17, 15) is 9.59 Å². The van der Waals surface area contributed by atoms with Gasteiger partial charge in [0, 0.05) is 46.8 Å². The van der Waals surface area contributed by atoms with Gasteiger partial charge in [-0.05, 0) is 69.1 Å². The minimum absolute atomic E-state index is 0.0389. The lowest BCUT2D eigenvalue weighted by molar-refractivity contribution is 0.994. The van der Waals surface area contributed by atoms with Gasteiger partial charge < -0.3 is 9.13 Å². The number of benzene rings is 7. The summed E-state index contributed by atoms with van der Waals surface area (Å²) in [5.41, 5.74) is 7.15. The maximum absolute atomic E-state index is 14.3. The Bertz CT molecular complexity index is 2680. The van der Waals surface area contributed by atoms with E-state index in [1.807, 2.05) is 74.8 Å². The normalized spacial score (nSPS) is 11.9. The molecule has 0 unspecified atom stereocenters. The van der Waals surface area contributed by atoms with Crippen LogP contribution in [0.5, 0.6) is 0 Å². The summed E-state index contributed by atoms with van der Waals surface area (Å²) in [5.74, 6) is 0. The van der Waals surface area contributed by atoms with E-state index in [0.29, 0.717) is 21.5 Å². The molecule has 0 saturated carbocycles. The Balaban J connectivity index is 1.34. The Morgan fingerprint density at radius 2 is 0.804 bits per heavy atom. The summed E-state index contributed by atoms with van der Waals surface area (Å²) in [5, 5.41) is 7.13. The Hall–Kier alpha value is -6.00. The molecule has 0 N–H and O–H groups in total. The largest absolute Gasteiger partial charge is 0.343 e. The van der Waals surface area contributed by atoms with E-state index < -0.39 is 0 Å². The van der Waals surface area contributed by atoms with Gasteiger partial charge in [-0.1, -0.05) is 97.1 Å². The van der Waals surface area contributed by atoms with Crippen molar-refractivity contribution in [1.29, 1.82) is 0 Å². The molecule has 0 radical (unpaired) electrons. The van der Waals surface area contributed by atoms with Crippen LogP contribution in [0.25, 0.3) is 87.4 Å². The van der Waals surface area contributed by atoms with Crippen molar-refractivity contribution in [2.45, 2.75) is 0 Å². The molecule has 9 rings (SSSR count). The number of aryl methyl sites for hydroxylation is 2. The van der Waals surface area contributed by atoms with Crippen LogP contribution in [0.4, 0.5) is 0 Å². The number of pyridine rings is 2. The third-order valence-electron chi connectivity index (χ3n) is 9.68. The number of hydrogen-bond donors (Lipinski definition) is 0.